The summed E-state index contributed by atoms with van der Waals surface area (Å²) in [5.74, 6) is 0.972. The van der Waals surface area contributed by atoms with Crippen LogP contribution in [0.4, 0.5) is 0 Å². The van der Waals surface area contributed by atoms with Crippen molar-refractivity contribution < 1.29 is 19.7 Å². The molecule has 4 nitrogen and oxygen atoms in total. The first-order valence-corrected chi connectivity index (χ1v) is 5.52. The van der Waals surface area contributed by atoms with Gasteiger partial charge in [0, 0.05) is 6.61 Å². The number of hydrogen-bond donors (Lipinski definition) is 2. The monoisotopic (exact) mass is 244 g/mol. The highest BCUT2D eigenvalue weighted by atomic mass is 35.5. The quantitative estimate of drug-likeness (QED) is 0.850. The van der Waals surface area contributed by atoms with E-state index in [0.717, 1.165) is 0 Å². The van der Waals surface area contributed by atoms with Gasteiger partial charge in [0.2, 0.25) is 0 Å². The molecule has 1 aliphatic rings. The minimum atomic E-state index is 0.0133. The van der Waals surface area contributed by atoms with Crippen LogP contribution in [0, 0.1) is 0 Å². The van der Waals surface area contributed by atoms with Crippen LogP contribution in [0.1, 0.15) is 12.0 Å². The Kier molecular flexibility index (Phi) is 3.41. The number of hydrogen-bond acceptors (Lipinski definition) is 4. The maximum Gasteiger partial charge on any atom is 0.183 e. The molecule has 2 rings (SSSR count). The predicted octanol–water partition coefficient (Wildman–Crippen LogP) is 1.74. The fourth-order valence-electron chi connectivity index (χ4n) is 1.65. The first kappa shape index (κ1) is 11.4. The molecule has 0 saturated heterocycles. The molecule has 5 heteroatoms. The lowest BCUT2D eigenvalue weighted by Crippen LogP contribution is -2.16. The number of ether oxygens (including phenoxy) is 2. The van der Waals surface area contributed by atoms with Gasteiger partial charge in [0.15, 0.2) is 11.5 Å². The van der Waals surface area contributed by atoms with Crippen molar-refractivity contribution in [3.05, 3.63) is 16.7 Å². The molecule has 0 atom stereocenters. The maximum absolute atomic E-state index is 9.83. The molecular weight excluding hydrogens is 232 g/mol. The molecule has 0 radical (unpaired) electrons. The second kappa shape index (κ2) is 4.80. The Hall–Kier alpha value is -1.13. The van der Waals surface area contributed by atoms with Crippen LogP contribution in [0.2, 0.25) is 5.02 Å². The highest BCUT2D eigenvalue weighted by molar-refractivity contribution is 6.33. The van der Waals surface area contributed by atoms with Crippen molar-refractivity contribution in [2.45, 2.75) is 12.8 Å². The SMILES string of the molecule is OCCCc1cc2c(c(Cl)c1O)OCCO2. The van der Waals surface area contributed by atoms with E-state index in [1.54, 1.807) is 6.07 Å². The van der Waals surface area contributed by atoms with Crippen molar-refractivity contribution in [1.82, 2.24) is 0 Å². The lowest BCUT2D eigenvalue weighted by Gasteiger charge is -2.21. The van der Waals surface area contributed by atoms with Crippen LogP contribution in [-0.2, 0) is 6.42 Å². The Morgan fingerprint density at radius 1 is 1.31 bits per heavy atom. The number of benzene rings is 1. The average molecular weight is 245 g/mol. The number of aliphatic hydroxyl groups is 1. The third kappa shape index (κ3) is 2.03. The van der Waals surface area contributed by atoms with E-state index in [1.165, 1.54) is 0 Å². The predicted molar refractivity (Wildman–Crippen MR) is 59.5 cm³/mol. The Morgan fingerprint density at radius 2 is 2.06 bits per heavy atom. The third-order valence-electron chi connectivity index (χ3n) is 2.43. The number of fused-ring (bicyclic) bond motifs is 1. The van der Waals surface area contributed by atoms with Crippen molar-refractivity contribution in [2.75, 3.05) is 19.8 Å². The molecule has 0 fully saturated rings. The molecule has 1 aromatic rings. The Labute approximate surface area is 98.4 Å². The zero-order valence-corrected chi connectivity index (χ0v) is 9.46. The molecule has 88 valence electrons. The lowest BCUT2D eigenvalue weighted by molar-refractivity contribution is 0.170. The average Bonchev–Trinajstić information content (AvgIpc) is 2.32. The van der Waals surface area contributed by atoms with E-state index in [0.29, 0.717) is 43.1 Å². The van der Waals surface area contributed by atoms with Crippen molar-refractivity contribution in [2.24, 2.45) is 0 Å². The number of phenols is 1. The van der Waals surface area contributed by atoms with E-state index < -0.39 is 0 Å². The van der Waals surface area contributed by atoms with Crippen LogP contribution in [0.5, 0.6) is 17.2 Å². The van der Waals surface area contributed by atoms with Gasteiger partial charge in [0.05, 0.1) is 0 Å². The fraction of sp³-hybridized carbons (Fsp3) is 0.455. The largest absolute Gasteiger partial charge is 0.506 e. The molecule has 1 heterocycles. The second-order valence-corrected chi connectivity index (χ2v) is 3.93. The standard InChI is InChI=1S/C11H13ClO4/c12-9-10(14)7(2-1-3-13)6-8-11(9)16-5-4-15-8/h6,13-14H,1-5H2. The van der Waals surface area contributed by atoms with Gasteiger partial charge in [0.25, 0.3) is 0 Å². The second-order valence-electron chi connectivity index (χ2n) is 3.55. The van der Waals surface area contributed by atoms with Gasteiger partial charge in [-0.25, -0.2) is 0 Å². The van der Waals surface area contributed by atoms with Gasteiger partial charge >= 0.3 is 0 Å². The smallest absolute Gasteiger partial charge is 0.183 e. The van der Waals surface area contributed by atoms with E-state index in [9.17, 15) is 5.11 Å². The first-order valence-electron chi connectivity index (χ1n) is 5.15. The number of aryl methyl sites for hydroxylation is 1. The minimum absolute atomic E-state index is 0.0133. The molecule has 0 amide bonds. The summed E-state index contributed by atoms with van der Waals surface area (Å²) in [6.45, 7) is 0.987. The Balaban J connectivity index is 2.36. The van der Waals surface area contributed by atoms with Crippen LogP contribution in [0.15, 0.2) is 6.07 Å². The molecule has 0 saturated carbocycles. The van der Waals surface area contributed by atoms with Gasteiger partial charge in [0.1, 0.15) is 24.0 Å². The van der Waals surface area contributed by atoms with Crippen molar-refractivity contribution in [1.29, 1.82) is 0 Å². The fourth-order valence-corrected chi connectivity index (χ4v) is 1.92. The molecular formula is C11H13ClO4. The van der Waals surface area contributed by atoms with E-state index in [1.807, 2.05) is 0 Å². The first-order chi connectivity index (χ1) is 7.74. The van der Waals surface area contributed by atoms with Crippen LogP contribution in [0.3, 0.4) is 0 Å². The summed E-state index contributed by atoms with van der Waals surface area (Å²) in [5.41, 5.74) is 0.670. The van der Waals surface area contributed by atoms with E-state index in [2.05, 4.69) is 0 Å². The molecule has 0 aliphatic carbocycles. The molecule has 0 aromatic heterocycles. The molecule has 1 aromatic carbocycles. The number of halogens is 1. The highest BCUT2D eigenvalue weighted by Crippen LogP contribution is 2.45. The molecule has 0 bridgehead atoms. The Bertz CT molecular complexity index is 392. The summed E-state index contributed by atoms with van der Waals surface area (Å²) >= 11 is 5.98. The topological polar surface area (TPSA) is 58.9 Å². The van der Waals surface area contributed by atoms with Gasteiger partial charge in [-0.3, -0.25) is 0 Å². The Morgan fingerprint density at radius 3 is 2.81 bits per heavy atom. The van der Waals surface area contributed by atoms with Gasteiger partial charge in [-0.1, -0.05) is 11.6 Å². The van der Waals surface area contributed by atoms with Crippen molar-refractivity contribution in [3.8, 4) is 17.2 Å². The molecule has 1 aliphatic heterocycles. The lowest BCUT2D eigenvalue weighted by atomic mass is 10.1. The highest BCUT2D eigenvalue weighted by Gasteiger charge is 2.21. The van der Waals surface area contributed by atoms with E-state index >= 15 is 0 Å². The maximum atomic E-state index is 9.83. The van der Waals surface area contributed by atoms with Crippen LogP contribution in [-0.4, -0.2) is 30.0 Å². The van der Waals surface area contributed by atoms with E-state index in [4.69, 9.17) is 26.2 Å². The van der Waals surface area contributed by atoms with Crippen LogP contribution in [0.25, 0.3) is 0 Å². The van der Waals surface area contributed by atoms with E-state index in [-0.39, 0.29) is 17.4 Å². The summed E-state index contributed by atoms with van der Waals surface area (Å²) in [5, 5.41) is 18.8. The number of aliphatic hydroxyl groups excluding tert-OH is 1. The molecule has 0 unspecified atom stereocenters. The molecule has 0 spiro atoms. The summed E-state index contributed by atoms with van der Waals surface area (Å²) in [4.78, 5) is 0. The summed E-state index contributed by atoms with van der Waals surface area (Å²) in [7, 11) is 0. The zero-order chi connectivity index (χ0) is 11.5. The van der Waals surface area contributed by atoms with Gasteiger partial charge < -0.3 is 19.7 Å². The summed E-state index contributed by atoms with van der Waals surface area (Å²) < 4.78 is 10.7. The third-order valence-corrected chi connectivity index (χ3v) is 2.78. The van der Waals surface area contributed by atoms with Crippen molar-refractivity contribution in [3.63, 3.8) is 0 Å². The minimum Gasteiger partial charge on any atom is -0.506 e. The summed E-state index contributed by atoms with van der Waals surface area (Å²) in [6.07, 6.45) is 1.13. The van der Waals surface area contributed by atoms with Gasteiger partial charge in [-0.15, -0.1) is 0 Å². The molecule has 2 N–H and O–H groups in total. The van der Waals surface area contributed by atoms with Gasteiger partial charge in [-0.2, -0.15) is 0 Å². The van der Waals surface area contributed by atoms with Crippen molar-refractivity contribution >= 4 is 11.6 Å². The number of phenolic OH excluding ortho intramolecular Hbond substituents is 1. The van der Waals surface area contributed by atoms with Crippen LogP contribution >= 0.6 is 11.6 Å². The summed E-state index contributed by atoms with van der Waals surface area (Å²) in [6, 6.07) is 1.71. The molecule has 16 heavy (non-hydrogen) atoms. The number of rotatable bonds is 3. The number of aromatic hydroxyl groups is 1. The zero-order valence-electron chi connectivity index (χ0n) is 8.70. The normalized spacial score (nSPS) is 13.9. The van der Waals surface area contributed by atoms with Gasteiger partial charge in [-0.05, 0) is 24.5 Å². The van der Waals surface area contributed by atoms with Crippen LogP contribution < -0.4 is 9.47 Å².